The van der Waals surface area contributed by atoms with Gasteiger partial charge in [0.2, 0.25) is 0 Å². The van der Waals surface area contributed by atoms with E-state index in [0.717, 1.165) is 0 Å². The van der Waals surface area contributed by atoms with Crippen LogP contribution in [0.5, 0.6) is 0 Å². The van der Waals surface area contributed by atoms with Gasteiger partial charge in [-0.1, -0.05) is 0 Å². The van der Waals surface area contributed by atoms with E-state index in [9.17, 15) is 8.78 Å². The van der Waals surface area contributed by atoms with E-state index in [4.69, 9.17) is 10.5 Å². The first-order chi connectivity index (χ1) is 5.66. The molecule has 0 saturated carbocycles. The molecular formula is C7H16F2N2O. The zero-order valence-corrected chi connectivity index (χ0v) is 7.30. The number of alkyl halides is 2. The van der Waals surface area contributed by atoms with Crippen molar-refractivity contribution in [1.82, 2.24) is 4.90 Å². The van der Waals surface area contributed by atoms with Crippen molar-refractivity contribution in [2.45, 2.75) is 6.43 Å². The SMILES string of the molecule is CN(CCOCCN)CC(F)F. The summed E-state index contributed by atoms with van der Waals surface area (Å²) >= 11 is 0. The highest BCUT2D eigenvalue weighted by Crippen LogP contribution is 1.94. The highest BCUT2D eigenvalue weighted by atomic mass is 19.3. The number of halogens is 2. The van der Waals surface area contributed by atoms with Gasteiger partial charge in [0.15, 0.2) is 0 Å². The summed E-state index contributed by atoms with van der Waals surface area (Å²) in [6.45, 7) is 1.73. The van der Waals surface area contributed by atoms with E-state index in [1.165, 1.54) is 4.90 Å². The first kappa shape index (κ1) is 11.7. The van der Waals surface area contributed by atoms with Crippen molar-refractivity contribution in [3.05, 3.63) is 0 Å². The molecule has 0 aliphatic rings. The Morgan fingerprint density at radius 2 is 2.08 bits per heavy atom. The quantitative estimate of drug-likeness (QED) is 0.570. The van der Waals surface area contributed by atoms with Gasteiger partial charge < -0.3 is 10.5 Å². The maximum Gasteiger partial charge on any atom is 0.251 e. The average molecular weight is 182 g/mol. The number of nitrogens with zero attached hydrogens (tertiary/aromatic N) is 1. The maximum atomic E-state index is 11.8. The zero-order chi connectivity index (χ0) is 9.40. The van der Waals surface area contributed by atoms with Crippen LogP contribution in [0.3, 0.4) is 0 Å². The Morgan fingerprint density at radius 1 is 1.42 bits per heavy atom. The molecule has 2 N–H and O–H groups in total. The Labute approximate surface area is 71.5 Å². The Kier molecular flexibility index (Phi) is 7.23. The van der Waals surface area contributed by atoms with Gasteiger partial charge in [0.1, 0.15) is 0 Å². The molecule has 0 aliphatic heterocycles. The Balaban J connectivity index is 3.14. The third-order valence-corrected chi connectivity index (χ3v) is 1.33. The summed E-state index contributed by atoms with van der Waals surface area (Å²) in [5.41, 5.74) is 5.17. The van der Waals surface area contributed by atoms with Crippen LogP contribution in [0.4, 0.5) is 8.78 Å². The van der Waals surface area contributed by atoms with Crippen LogP contribution in [0.15, 0.2) is 0 Å². The van der Waals surface area contributed by atoms with Crippen molar-refractivity contribution >= 4 is 0 Å². The van der Waals surface area contributed by atoms with Gasteiger partial charge >= 0.3 is 0 Å². The molecule has 12 heavy (non-hydrogen) atoms. The lowest BCUT2D eigenvalue weighted by Crippen LogP contribution is -2.28. The van der Waals surface area contributed by atoms with Crippen LogP contribution >= 0.6 is 0 Å². The molecule has 3 nitrogen and oxygen atoms in total. The van der Waals surface area contributed by atoms with E-state index in [-0.39, 0.29) is 6.54 Å². The van der Waals surface area contributed by atoms with Crippen LogP contribution in [0.2, 0.25) is 0 Å². The lowest BCUT2D eigenvalue weighted by Gasteiger charge is -2.15. The van der Waals surface area contributed by atoms with Crippen molar-refractivity contribution in [3.63, 3.8) is 0 Å². The molecule has 5 heteroatoms. The minimum Gasteiger partial charge on any atom is -0.379 e. The predicted molar refractivity (Wildman–Crippen MR) is 43.4 cm³/mol. The van der Waals surface area contributed by atoms with E-state index in [2.05, 4.69) is 0 Å². The van der Waals surface area contributed by atoms with Crippen molar-refractivity contribution in [2.75, 3.05) is 39.9 Å². The van der Waals surface area contributed by atoms with Gasteiger partial charge in [0.25, 0.3) is 6.43 Å². The summed E-state index contributed by atoms with van der Waals surface area (Å²) in [6.07, 6.45) is -2.27. The fourth-order valence-electron chi connectivity index (χ4n) is 0.733. The molecule has 0 atom stereocenters. The highest BCUT2D eigenvalue weighted by molar-refractivity contribution is 4.51. The van der Waals surface area contributed by atoms with E-state index >= 15 is 0 Å². The predicted octanol–water partition coefficient (Wildman–Crippen LogP) is 0.159. The molecule has 0 aromatic heterocycles. The molecule has 0 spiro atoms. The summed E-state index contributed by atoms with van der Waals surface area (Å²) in [6, 6.07) is 0. The Hall–Kier alpha value is -0.260. The number of rotatable bonds is 7. The van der Waals surface area contributed by atoms with Gasteiger partial charge in [-0.25, -0.2) is 8.78 Å². The average Bonchev–Trinajstić information content (AvgIpc) is 1.97. The van der Waals surface area contributed by atoms with Gasteiger partial charge in [0.05, 0.1) is 19.8 Å². The van der Waals surface area contributed by atoms with Crippen LogP contribution in [0, 0.1) is 0 Å². The Morgan fingerprint density at radius 3 is 2.58 bits per heavy atom. The normalized spacial score (nSPS) is 11.5. The molecule has 0 amide bonds. The lowest BCUT2D eigenvalue weighted by atomic mass is 10.5. The fraction of sp³-hybridized carbons (Fsp3) is 1.00. The number of likely N-dealkylation sites (N-methyl/N-ethyl adjacent to an activating group) is 1. The topological polar surface area (TPSA) is 38.5 Å². The molecule has 0 rings (SSSR count). The number of hydrogen-bond donors (Lipinski definition) is 1. The second-order valence-electron chi connectivity index (χ2n) is 2.55. The summed E-state index contributed by atoms with van der Waals surface area (Å²) in [4.78, 5) is 1.53. The molecule has 0 saturated heterocycles. The lowest BCUT2D eigenvalue weighted by molar-refractivity contribution is 0.0730. The number of nitrogens with two attached hydrogens (primary N) is 1. The molecule has 0 radical (unpaired) electrons. The van der Waals surface area contributed by atoms with Crippen LogP contribution in [0.25, 0.3) is 0 Å². The van der Waals surface area contributed by atoms with Crippen molar-refractivity contribution in [1.29, 1.82) is 0 Å². The second kappa shape index (κ2) is 7.39. The van der Waals surface area contributed by atoms with Gasteiger partial charge in [-0.2, -0.15) is 0 Å². The largest absolute Gasteiger partial charge is 0.379 e. The molecule has 74 valence electrons. The summed E-state index contributed by atoms with van der Waals surface area (Å²) in [7, 11) is 1.64. The van der Waals surface area contributed by atoms with E-state index < -0.39 is 6.43 Å². The van der Waals surface area contributed by atoms with Gasteiger partial charge in [-0.3, -0.25) is 4.90 Å². The molecule has 0 aliphatic carbocycles. The first-order valence-corrected chi connectivity index (χ1v) is 3.91. The maximum absolute atomic E-state index is 11.8. The minimum atomic E-state index is -2.27. The van der Waals surface area contributed by atoms with E-state index in [1.54, 1.807) is 7.05 Å². The standard InChI is InChI=1S/C7H16F2N2O/c1-11(6-7(8)9)3-5-12-4-2-10/h7H,2-6,10H2,1H3. The monoisotopic (exact) mass is 182 g/mol. The van der Waals surface area contributed by atoms with Crippen molar-refractivity contribution in [2.24, 2.45) is 5.73 Å². The zero-order valence-electron chi connectivity index (χ0n) is 7.30. The smallest absolute Gasteiger partial charge is 0.251 e. The van der Waals surface area contributed by atoms with Gasteiger partial charge in [-0.15, -0.1) is 0 Å². The van der Waals surface area contributed by atoms with Crippen LogP contribution in [-0.4, -0.2) is 51.2 Å². The molecular weight excluding hydrogens is 166 g/mol. The van der Waals surface area contributed by atoms with Crippen molar-refractivity contribution < 1.29 is 13.5 Å². The summed E-state index contributed by atoms with van der Waals surface area (Å²) < 4.78 is 28.5. The highest BCUT2D eigenvalue weighted by Gasteiger charge is 2.06. The van der Waals surface area contributed by atoms with Crippen LogP contribution in [-0.2, 0) is 4.74 Å². The van der Waals surface area contributed by atoms with E-state index in [1.807, 2.05) is 0 Å². The number of ether oxygens (including phenoxy) is 1. The summed E-state index contributed by atoms with van der Waals surface area (Å²) in [5.74, 6) is 0. The van der Waals surface area contributed by atoms with Gasteiger partial charge in [0, 0.05) is 13.1 Å². The molecule has 0 unspecified atom stereocenters. The third kappa shape index (κ3) is 7.84. The van der Waals surface area contributed by atoms with Gasteiger partial charge in [-0.05, 0) is 7.05 Å². The number of hydrogen-bond acceptors (Lipinski definition) is 3. The fourth-order valence-corrected chi connectivity index (χ4v) is 0.733. The first-order valence-electron chi connectivity index (χ1n) is 3.91. The van der Waals surface area contributed by atoms with E-state index in [0.29, 0.717) is 26.3 Å². The Bertz CT molecular complexity index is 103. The van der Waals surface area contributed by atoms with Crippen LogP contribution < -0.4 is 5.73 Å². The van der Waals surface area contributed by atoms with Crippen molar-refractivity contribution in [3.8, 4) is 0 Å². The minimum absolute atomic E-state index is 0.202. The molecule has 0 heterocycles. The molecule has 0 aromatic carbocycles. The van der Waals surface area contributed by atoms with Crippen LogP contribution in [0.1, 0.15) is 0 Å². The second-order valence-corrected chi connectivity index (χ2v) is 2.55. The molecule has 0 bridgehead atoms. The summed E-state index contributed by atoms with van der Waals surface area (Å²) in [5, 5.41) is 0. The molecule has 0 fully saturated rings. The molecule has 0 aromatic rings. The third-order valence-electron chi connectivity index (χ3n) is 1.33.